The molecule has 3 aromatic rings. The Morgan fingerprint density at radius 2 is 1.62 bits per heavy atom. The van der Waals surface area contributed by atoms with Crippen LogP contribution in [-0.4, -0.2) is 19.0 Å². The van der Waals surface area contributed by atoms with Gasteiger partial charge >= 0.3 is 5.97 Å². The summed E-state index contributed by atoms with van der Waals surface area (Å²) in [5, 5.41) is 8.17. The van der Waals surface area contributed by atoms with Crippen LogP contribution in [0.1, 0.15) is 20.7 Å². The van der Waals surface area contributed by atoms with E-state index in [4.69, 9.17) is 21.2 Å². The van der Waals surface area contributed by atoms with Crippen LogP contribution in [0.3, 0.4) is 0 Å². The number of halogens is 1. The number of benzene rings is 3. The molecular formula is C21H16ClN3O4. The number of carbonyl (C=O) groups is 2. The maximum Gasteiger partial charge on any atom is 0.362 e. The zero-order valence-electron chi connectivity index (χ0n) is 15.3. The molecule has 0 aliphatic rings. The van der Waals surface area contributed by atoms with Gasteiger partial charge in [0.15, 0.2) is 0 Å². The fourth-order valence-corrected chi connectivity index (χ4v) is 2.45. The van der Waals surface area contributed by atoms with Gasteiger partial charge in [-0.2, -0.15) is 0 Å². The van der Waals surface area contributed by atoms with E-state index in [1.165, 1.54) is 7.11 Å². The van der Waals surface area contributed by atoms with Crippen molar-refractivity contribution < 1.29 is 19.2 Å². The van der Waals surface area contributed by atoms with E-state index in [-0.39, 0.29) is 0 Å². The SMILES string of the molecule is COc1ccccc1C(=O)N=Nc1ccc(NOC(=O)c2ccc(Cl)cc2)cc1. The fraction of sp³-hybridized carbons (Fsp3) is 0.0476. The van der Waals surface area contributed by atoms with Crippen LogP contribution in [0.4, 0.5) is 11.4 Å². The van der Waals surface area contributed by atoms with Gasteiger partial charge in [0.25, 0.3) is 5.91 Å². The molecule has 1 amide bonds. The van der Waals surface area contributed by atoms with Crippen molar-refractivity contribution in [1.82, 2.24) is 0 Å². The van der Waals surface area contributed by atoms with Gasteiger partial charge in [0.2, 0.25) is 0 Å². The highest BCUT2D eigenvalue weighted by atomic mass is 35.5. The molecule has 29 heavy (non-hydrogen) atoms. The maximum absolute atomic E-state index is 12.2. The van der Waals surface area contributed by atoms with Crippen LogP contribution in [0.2, 0.25) is 5.02 Å². The highest BCUT2D eigenvalue weighted by Crippen LogP contribution is 2.21. The number of methoxy groups -OCH3 is 1. The van der Waals surface area contributed by atoms with Crippen molar-refractivity contribution >= 4 is 34.9 Å². The second-order valence-electron chi connectivity index (χ2n) is 5.75. The van der Waals surface area contributed by atoms with Gasteiger partial charge < -0.3 is 9.57 Å². The quantitative estimate of drug-likeness (QED) is 0.431. The molecule has 146 valence electrons. The predicted molar refractivity (Wildman–Crippen MR) is 109 cm³/mol. The standard InChI is InChI=1S/C21H16ClN3O4/c1-28-19-5-3-2-4-18(19)20(26)24-23-16-10-12-17(13-11-16)25-29-21(27)14-6-8-15(22)9-7-14/h2-13,25H,1H3. The van der Waals surface area contributed by atoms with Gasteiger partial charge in [-0.15, -0.1) is 10.2 Å². The Morgan fingerprint density at radius 3 is 2.31 bits per heavy atom. The second-order valence-corrected chi connectivity index (χ2v) is 6.19. The summed E-state index contributed by atoms with van der Waals surface area (Å²) >= 11 is 5.79. The number of amides is 1. The lowest BCUT2D eigenvalue weighted by atomic mass is 10.2. The first-order valence-corrected chi connectivity index (χ1v) is 8.86. The lowest BCUT2D eigenvalue weighted by molar-refractivity contribution is 0.0596. The van der Waals surface area contributed by atoms with Crippen molar-refractivity contribution in [3.63, 3.8) is 0 Å². The maximum atomic E-state index is 12.2. The van der Waals surface area contributed by atoms with Crippen LogP contribution in [0.5, 0.6) is 5.75 Å². The molecule has 0 aliphatic heterocycles. The van der Waals surface area contributed by atoms with Crippen molar-refractivity contribution in [1.29, 1.82) is 0 Å². The smallest absolute Gasteiger partial charge is 0.362 e. The third kappa shape index (κ3) is 5.40. The normalized spacial score (nSPS) is 10.6. The topological polar surface area (TPSA) is 89.3 Å². The van der Waals surface area contributed by atoms with Crippen LogP contribution >= 0.6 is 11.6 Å². The summed E-state index contributed by atoms with van der Waals surface area (Å²) < 4.78 is 5.14. The van der Waals surface area contributed by atoms with Crippen LogP contribution < -0.4 is 10.2 Å². The molecule has 0 aromatic heterocycles. The number of azo groups is 1. The van der Waals surface area contributed by atoms with Gasteiger partial charge in [0, 0.05) is 5.02 Å². The summed E-state index contributed by atoms with van der Waals surface area (Å²) in [6.07, 6.45) is 0. The summed E-state index contributed by atoms with van der Waals surface area (Å²) in [5.41, 5.74) is 4.23. The number of hydrogen-bond acceptors (Lipinski definition) is 6. The minimum Gasteiger partial charge on any atom is -0.496 e. The lowest BCUT2D eigenvalue weighted by Crippen LogP contribution is -2.10. The molecule has 0 saturated heterocycles. The van der Waals surface area contributed by atoms with E-state index in [1.807, 2.05) is 0 Å². The Kier molecular flexibility index (Phi) is 6.55. The lowest BCUT2D eigenvalue weighted by Gasteiger charge is -2.07. The number of para-hydroxylation sites is 1. The average molecular weight is 410 g/mol. The summed E-state index contributed by atoms with van der Waals surface area (Å²) in [4.78, 5) is 29.2. The van der Waals surface area contributed by atoms with Gasteiger partial charge in [-0.3, -0.25) is 4.79 Å². The minimum atomic E-state index is -0.548. The fourth-order valence-electron chi connectivity index (χ4n) is 2.32. The monoisotopic (exact) mass is 409 g/mol. The molecule has 0 saturated carbocycles. The van der Waals surface area contributed by atoms with Crippen molar-refractivity contribution in [2.75, 3.05) is 12.6 Å². The van der Waals surface area contributed by atoms with Gasteiger partial charge in [-0.05, 0) is 60.7 Å². The molecule has 0 radical (unpaired) electrons. The van der Waals surface area contributed by atoms with Gasteiger partial charge in [0.1, 0.15) is 5.75 Å². The van der Waals surface area contributed by atoms with Gasteiger partial charge in [0.05, 0.1) is 29.6 Å². The molecule has 0 aliphatic carbocycles. The Labute approximate surface area is 171 Å². The second kappa shape index (κ2) is 9.48. The zero-order valence-corrected chi connectivity index (χ0v) is 16.1. The van der Waals surface area contributed by atoms with Gasteiger partial charge in [-0.25, -0.2) is 10.3 Å². The minimum absolute atomic E-state index is 0.325. The van der Waals surface area contributed by atoms with E-state index >= 15 is 0 Å². The number of rotatable bonds is 6. The van der Waals surface area contributed by atoms with E-state index in [1.54, 1.807) is 72.8 Å². The van der Waals surface area contributed by atoms with Crippen molar-refractivity contribution in [3.8, 4) is 5.75 Å². The summed E-state index contributed by atoms with van der Waals surface area (Å²) in [7, 11) is 1.48. The molecule has 0 fully saturated rings. The third-order valence-electron chi connectivity index (χ3n) is 3.80. The molecule has 0 unspecified atom stereocenters. The van der Waals surface area contributed by atoms with Crippen molar-refractivity contribution in [2.45, 2.75) is 0 Å². The molecule has 8 heteroatoms. The van der Waals surface area contributed by atoms with E-state index < -0.39 is 11.9 Å². The van der Waals surface area contributed by atoms with E-state index in [0.29, 0.717) is 33.3 Å². The Hall–Kier alpha value is -3.71. The van der Waals surface area contributed by atoms with Crippen LogP contribution in [0, 0.1) is 0 Å². The van der Waals surface area contributed by atoms with E-state index in [2.05, 4.69) is 15.7 Å². The first kappa shape index (κ1) is 20.0. The average Bonchev–Trinajstić information content (AvgIpc) is 2.77. The zero-order chi connectivity index (χ0) is 20.6. The molecule has 3 aromatic carbocycles. The number of nitrogens with zero attached hydrogens (tertiary/aromatic N) is 2. The van der Waals surface area contributed by atoms with Crippen LogP contribution in [0.25, 0.3) is 0 Å². The van der Waals surface area contributed by atoms with Crippen LogP contribution in [-0.2, 0) is 4.84 Å². The molecular weight excluding hydrogens is 394 g/mol. The Bertz CT molecular complexity index is 1030. The molecule has 0 spiro atoms. The third-order valence-corrected chi connectivity index (χ3v) is 4.05. The molecule has 7 nitrogen and oxygen atoms in total. The number of hydrogen-bond donors (Lipinski definition) is 1. The van der Waals surface area contributed by atoms with E-state index in [0.717, 1.165) is 0 Å². The van der Waals surface area contributed by atoms with Crippen molar-refractivity contribution in [2.24, 2.45) is 10.2 Å². The first-order chi connectivity index (χ1) is 14.1. The molecule has 1 N–H and O–H groups in total. The number of nitrogens with one attached hydrogen (secondary N) is 1. The molecule has 0 bridgehead atoms. The molecule has 0 heterocycles. The number of ether oxygens (including phenoxy) is 1. The largest absolute Gasteiger partial charge is 0.496 e. The summed E-state index contributed by atoms with van der Waals surface area (Å²) in [6, 6.07) is 19.6. The summed E-state index contributed by atoms with van der Waals surface area (Å²) in [6.45, 7) is 0. The van der Waals surface area contributed by atoms with Crippen LogP contribution in [0.15, 0.2) is 83.0 Å². The number of anilines is 1. The first-order valence-electron chi connectivity index (χ1n) is 8.49. The molecule has 3 rings (SSSR count). The predicted octanol–water partition coefficient (Wildman–Crippen LogP) is 5.46. The van der Waals surface area contributed by atoms with E-state index in [9.17, 15) is 9.59 Å². The summed E-state index contributed by atoms with van der Waals surface area (Å²) in [5.74, 6) is -0.632. The Morgan fingerprint density at radius 1 is 0.931 bits per heavy atom. The highest BCUT2D eigenvalue weighted by molar-refractivity contribution is 6.30. The highest BCUT2D eigenvalue weighted by Gasteiger charge is 2.10. The number of carbonyl (C=O) groups excluding carboxylic acids is 2. The molecule has 0 atom stereocenters. The Balaban J connectivity index is 1.58. The van der Waals surface area contributed by atoms with Gasteiger partial charge in [-0.1, -0.05) is 23.7 Å². The van der Waals surface area contributed by atoms with Crippen molar-refractivity contribution in [3.05, 3.63) is 88.9 Å².